The highest BCUT2D eigenvalue weighted by molar-refractivity contribution is 7.99. The molecule has 2 saturated carbocycles. The van der Waals surface area contributed by atoms with Crippen molar-refractivity contribution in [2.24, 2.45) is 0 Å². The van der Waals surface area contributed by atoms with Crippen molar-refractivity contribution < 1.29 is 5.11 Å². The van der Waals surface area contributed by atoms with Crippen LogP contribution < -0.4 is 5.32 Å². The van der Waals surface area contributed by atoms with E-state index in [0.29, 0.717) is 12.1 Å². The normalized spacial score (nSPS) is 40.9. The number of aliphatic hydroxyl groups is 1. The number of rotatable bonds is 3. The van der Waals surface area contributed by atoms with Crippen molar-refractivity contribution in [2.75, 3.05) is 6.26 Å². The van der Waals surface area contributed by atoms with Crippen LogP contribution in [0, 0.1) is 0 Å². The van der Waals surface area contributed by atoms with Crippen LogP contribution in [0.3, 0.4) is 0 Å². The van der Waals surface area contributed by atoms with Gasteiger partial charge in [-0.2, -0.15) is 11.8 Å². The number of hydrogen-bond acceptors (Lipinski definition) is 3. The Kier molecular flexibility index (Phi) is 4.98. The monoisotopic (exact) mass is 243 g/mol. The van der Waals surface area contributed by atoms with E-state index in [9.17, 15) is 5.11 Å². The highest BCUT2D eigenvalue weighted by Gasteiger charge is 2.30. The molecule has 2 aliphatic carbocycles. The molecule has 0 aliphatic heterocycles. The molecule has 3 heteroatoms. The van der Waals surface area contributed by atoms with Gasteiger partial charge in [0.05, 0.1) is 6.10 Å². The number of nitrogens with one attached hydrogen (secondary N) is 1. The topological polar surface area (TPSA) is 32.3 Å². The first-order valence-corrected chi connectivity index (χ1v) is 8.07. The summed E-state index contributed by atoms with van der Waals surface area (Å²) in [5.41, 5.74) is 0. The van der Waals surface area contributed by atoms with Gasteiger partial charge in [0, 0.05) is 17.3 Å². The van der Waals surface area contributed by atoms with Crippen LogP contribution in [-0.4, -0.2) is 34.8 Å². The highest BCUT2D eigenvalue weighted by atomic mass is 32.2. The summed E-state index contributed by atoms with van der Waals surface area (Å²) in [5.74, 6) is 0. The van der Waals surface area contributed by atoms with Crippen LogP contribution in [0.1, 0.15) is 51.4 Å². The maximum Gasteiger partial charge on any atom is 0.0693 e. The Labute approximate surface area is 104 Å². The minimum Gasteiger partial charge on any atom is -0.392 e. The van der Waals surface area contributed by atoms with Crippen molar-refractivity contribution >= 4 is 11.8 Å². The van der Waals surface area contributed by atoms with Crippen LogP contribution in [0.15, 0.2) is 0 Å². The average Bonchev–Trinajstić information content (AvgIpc) is 2.64. The number of thioether (sulfide) groups is 1. The van der Waals surface area contributed by atoms with Gasteiger partial charge in [0.2, 0.25) is 0 Å². The predicted octanol–water partition coefficient (Wildman–Crippen LogP) is 2.55. The average molecular weight is 243 g/mol. The summed E-state index contributed by atoms with van der Waals surface area (Å²) < 4.78 is 0. The second-order valence-electron chi connectivity index (χ2n) is 5.29. The van der Waals surface area contributed by atoms with Gasteiger partial charge in [0.25, 0.3) is 0 Å². The zero-order chi connectivity index (χ0) is 11.4. The lowest BCUT2D eigenvalue weighted by molar-refractivity contribution is 0.114. The fraction of sp³-hybridized carbons (Fsp3) is 1.00. The van der Waals surface area contributed by atoms with E-state index in [-0.39, 0.29) is 6.10 Å². The summed E-state index contributed by atoms with van der Waals surface area (Å²) in [6, 6.07) is 1.01. The number of aliphatic hydroxyl groups excluding tert-OH is 1. The van der Waals surface area contributed by atoms with Crippen LogP contribution in [0.5, 0.6) is 0 Å². The van der Waals surface area contributed by atoms with E-state index < -0.39 is 0 Å². The third kappa shape index (κ3) is 3.14. The summed E-state index contributed by atoms with van der Waals surface area (Å²) in [4.78, 5) is 0. The van der Waals surface area contributed by atoms with E-state index in [2.05, 4.69) is 11.6 Å². The Morgan fingerprint density at radius 2 is 1.69 bits per heavy atom. The summed E-state index contributed by atoms with van der Waals surface area (Å²) in [6.07, 6.45) is 12.1. The molecule has 16 heavy (non-hydrogen) atoms. The molecule has 0 radical (unpaired) electrons. The maximum atomic E-state index is 10.1. The molecule has 4 unspecified atom stereocenters. The molecule has 0 saturated heterocycles. The summed E-state index contributed by atoms with van der Waals surface area (Å²) in [5, 5.41) is 14.6. The molecule has 2 aliphatic rings. The van der Waals surface area contributed by atoms with Crippen molar-refractivity contribution in [2.45, 2.75) is 74.8 Å². The molecule has 0 aromatic carbocycles. The Balaban J connectivity index is 1.86. The van der Waals surface area contributed by atoms with Crippen LogP contribution >= 0.6 is 11.8 Å². The summed E-state index contributed by atoms with van der Waals surface area (Å²) >= 11 is 1.99. The third-order valence-corrected chi connectivity index (χ3v) is 5.33. The van der Waals surface area contributed by atoms with Crippen molar-refractivity contribution in [3.8, 4) is 0 Å². The van der Waals surface area contributed by atoms with Gasteiger partial charge in [0.1, 0.15) is 0 Å². The zero-order valence-corrected chi connectivity index (χ0v) is 11.1. The molecule has 0 amide bonds. The van der Waals surface area contributed by atoms with Gasteiger partial charge < -0.3 is 10.4 Å². The number of hydrogen-bond donors (Lipinski definition) is 2. The molecule has 0 aromatic heterocycles. The zero-order valence-electron chi connectivity index (χ0n) is 10.3. The molecule has 94 valence electrons. The van der Waals surface area contributed by atoms with E-state index >= 15 is 0 Å². The summed E-state index contributed by atoms with van der Waals surface area (Å²) in [7, 11) is 0. The lowest BCUT2D eigenvalue weighted by atomic mass is 10.0. The molecular weight excluding hydrogens is 218 g/mol. The molecule has 4 atom stereocenters. The Bertz CT molecular complexity index is 212. The van der Waals surface area contributed by atoms with Crippen molar-refractivity contribution in [3.63, 3.8) is 0 Å². The standard InChI is InChI=1S/C13H25NOS/c1-16-13-9-5-7-11(13)14-10-6-3-2-4-8-12(10)15/h10-15H,2-9H2,1H3. The van der Waals surface area contributed by atoms with Gasteiger partial charge in [-0.25, -0.2) is 0 Å². The Hall–Kier alpha value is 0.270. The molecule has 0 heterocycles. The first kappa shape index (κ1) is 12.7. The second kappa shape index (κ2) is 6.27. The van der Waals surface area contributed by atoms with Gasteiger partial charge in [0.15, 0.2) is 0 Å². The molecule has 2 fully saturated rings. The minimum absolute atomic E-state index is 0.106. The lowest BCUT2D eigenvalue weighted by Gasteiger charge is -2.28. The molecule has 0 aromatic rings. The highest BCUT2D eigenvalue weighted by Crippen LogP contribution is 2.30. The fourth-order valence-electron chi connectivity index (χ4n) is 3.16. The Morgan fingerprint density at radius 1 is 0.938 bits per heavy atom. The van der Waals surface area contributed by atoms with Crippen molar-refractivity contribution in [3.05, 3.63) is 0 Å². The van der Waals surface area contributed by atoms with Gasteiger partial charge in [-0.15, -0.1) is 0 Å². The van der Waals surface area contributed by atoms with E-state index in [4.69, 9.17) is 0 Å². The largest absolute Gasteiger partial charge is 0.392 e. The first-order valence-electron chi connectivity index (χ1n) is 6.78. The van der Waals surface area contributed by atoms with Crippen LogP contribution in [0.25, 0.3) is 0 Å². The van der Waals surface area contributed by atoms with Gasteiger partial charge in [-0.05, 0) is 31.9 Å². The molecule has 2 rings (SSSR count). The van der Waals surface area contributed by atoms with Gasteiger partial charge in [-0.1, -0.05) is 25.7 Å². The second-order valence-corrected chi connectivity index (χ2v) is 6.37. The van der Waals surface area contributed by atoms with E-state index in [1.807, 2.05) is 11.8 Å². The quantitative estimate of drug-likeness (QED) is 0.747. The van der Waals surface area contributed by atoms with Gasteiger partial charge >= 0.3 is 0 Å². The van der Waals surface area contributed by atoms with Crippen LogP contribution in [0.4, 0.5) is 0 Å². The van der Waals surface area contributed by atoms with Crippen LogP contribution in [-0.2, 0) is 0 Å². The smallest absolute Gasteiger partial charge is 0.0693 e. The first-order chi connectivity index (χ1) is 7.81. The minimum atomic E-state index is -0.106. The van der Waals surface area contributed by atoms with E-state index in [1.165, 1.54) is 44.9 Å². The molecule has 2 N–H and O–H groups in total. The summed E-state index contributed by atoms with van der Waals surface area (Å²) in [6.45, 7) is 0. The van der Waals surface area contributed by atoms with Crippen molar-refractivity contribution in [1.29, 1.82) is 0 Å². The Morgan fingerprint density at radius 3 is 2.50 bits per heavy atom. The molecule has 0 bridgehead atoms. The van der Waals surface area contributed by atoms with Gasteiger partial charge in [-0.3, -0.25) is 0 Å². The SMILES string of the molecule is CSC1CCCC1NC1CCCCCC1O. The fourth-order valence-corrected chi connectivity index (χ4v) is 4.10. The lowest BCUT2D eigenvalue weighted by Crippen LogP contribution is -2.47. The maximum absolute atomic E-state index is 10.1. The van der Waals surface area contributed by atoms with E-state index in [1.54, 1.807) is 0 Å². The third-order valence-electron chi connectivity index (χ3n) is 4.16. The van der Waals surface area contributed by atoms with Crippen LogP contribution in [0.2, 0.25) is 0 Å². The predicted molar refractivity (Wildman–Crippen MR) is 71.0 cm³/mol. The molecule has 0 spiro atoms. The van der Waals surface area contributed by atoms with E-state index in [0.717, 1.165) is 11.7 Å². The van der Waals surface area contributed by atoms with Crippen molar-refractivity contribution in [1.82, 2.24) is 5.32 Å². The molecule has 2 nitrogen and oxygen atoms in total. The molecular formula is C13H25NOS.